The van der Waals surface area contributed by atoms with Crippen LogP contribution in [0.15, 0.2) is 17.1 Å². The maximum Gasteiger partial charge on any atom is 0.255 e. The zero-order chi connectivity index (χ0) is 15.0. The number of aliphatic hydroxyl groups is 1. The van der Waals surface area contributed by atoms with Crippen molar-refractivity contribution >= 4 is 58.0 Å². The van der Waals surface area contributed by atoms with E-state index in [9.17, 15) is 4.79 Å². The molecule has 1 aromatic heterocycles. The molecule has 0 aliphatic rings. The van der Waals surface area contributed by atoms with E-state index in [0.29, 0.717) is 5.56 Å². The minimum absolute atomic E-state index is 0.00605. The molecule has 0 radical (unpaired) electrons. The van der Waals surface area contributed by atoms with Gasteiger partial charge in [0.1, 0.15) is 0 Å². The molecule has 0 amide bonds. The van der Waals surface area contributed by atoms with Gasteiger partial charge in [0, 0.05) is 11.8 Å². The molecule has 1 heterocycles. The van der Waals surface area contributed by atoms with Crippen LogP contribution in [0.5, 0.6) is 0 Å². The van der Waals surface area contributed by atoms with E-state index in [1.165, 1.54) is 12.3 Å². The van der Waals surface area contributed by atoms with Crippen LogP contribution in [0.4, 0.5) is 0 Å². The summed E-state index contributed by atoms with van der Waals surface area (Å²) in [6.45, 7) is -0.256. The first kappa shape index (κ1) is 16.0. The van der Waals surface area contributed by atoms with Crippen LogP contribution in [0.2, 0.25) is 25.1 Å². The number of aromatic amines is 1. The maximum absolute atomic E-state index is 11.9. The number of aromatic nitrogens is 1. The van der Waals surface area contributed by atoms with Gasteiger partial charge in [-0.05, 0) is 11.6 Å². The Balaban J connectivity index is 2.86. The SMILES string of the molecule is O=c1[nH]cc(CO)cc1-c1c(Cl)c(Cl)c(Cl)c(Cl)c1Cl. The molecule has 0 saturated heterocycles. The zero-order valence-corrected chi connectivity index (χ0v) is 13.4. The Hall–Kier alpha value is -0.420. The predicted molar refractivity (Wildman–Crippen MR) is 83.5 cm³/mol. The van der Waals surface area contributed by atoms with Crippen molar-refractivity contribution in [3.8, 4) is 11.1 Å². The van der Waals surface area contributed by atoms with Gasteiger partial charge in [-0.3, -0.25) is 4.79 Å². The molecule has 0 spiro atoms. The van der Waals surface area contributed by atoms with Crippen molar-refractivity contribution in [3.63, 3.8) is 0 Å². The molecule has 2 aromatic rings. The number of H-pyrrole nitrogens is 1. The lowest BCUT2D eigenvalue weighted by Gasteiger charge is -2.12. The van der Waals surface area contributed by atoms with Crippen molar-refractivity contribution in [3.05, 3.63) is 53.3 Å². The van der Waals surface area contributed by atoms with Crippen LogP contribution >= 0.6 is 58.0 Å². The second-order valence-electron chi connectivity index (χ2n) is 3.85. The van der Waals surface area contributed by atoms with Gasteiger partial charge in [-0.2, -0.15) is 0 Å². The van der Waals surface area contributed by atoms with Gasteiger partial charge in [-0.25, -0.2) is 0 Å². The fourth-order valence-corrected chi connectivity index (χ4v) is 2.99. The largest absolute Gasteiger partial charge is 0.392 e. The average Bonchev–Trinajstić information content (AvgIpc) is 2.45. The van der Waals surface area contributed by atoms with E-state index in [2.05, 4.69) is 4.98 Å². The number of hydrogen-bond donors (Lipinski definition) is 2. The summed E-state index contributed by atoms with van der Waals surface area (Å²) in [5.41, 5.74) is 0.352. The summed E-state index contributed by atoms with van der Waals surface area (Å²) >= 11 is 30.0. The molecular formula is C12H6Cl5NO2. The van der Waals surface area contributed by atoms with Crippen LogP contribution in [0.3, 0.4) is 0 Å². The van der Waals surface area contributed by atoms with E-state index in [4.69, 9.17) is 63.1 Å². The Labute approximate surface area is 139 Å². The van der Waals surface area contributed by atoms with Gasteiger partial charge in [-0.15, -0.1) is 0 Å². The van der Waals surface area contributed by atoms with Gasteiger partial charge in [0.05, 0.1) is 37.3 Å². The molecule has 1 aromatic carbocycles. The van der Waals surface area contributed by atoms with Crippen LogP contribution in [0.1, 0.15) is 5.56 Å². The van der Waals surface area contributed by atoms with Gasteiger partial charge in [0.25, 0.3) is 5.56 Å². The Kier molecular flexibility index (Phi) is 4.90. The fraction of sp³-hybridized carbons (Fsp3) is 0.0833. The van der Waals surface area contributed by atoms with Crippen LogP contribution in [-0.2, 0) is 6.61 Å². The van der Waals surface area contributed by atoms with E-state index in [1.54, 1.807) is 0 Å². The van der Waals surface area contributed by atoms with E-state index in [0.717, 1.165) is 0 Å². The quantitative estimate of drug-likeness (QED) is 0.587. The van der Waals surface area contributed by atoms with Crippen molar-refractivity contribution in [2.75, 3.05) is 0 Å². The first-order valence-electron chi connectivity index (χ1n) is 5.22. The Bertz CT molecular complexity index is 712. The summed E-state index contributed by atoms with van der Waals surface area (Å²) in [5, 5.41) is 9.20. The minimum atomic E-state index is -0.444. The molecule has 20 heavy (non-hydrogen) atoms. The first-order chi connectivity index (χ1) is 9.38. The molecule has 0 aliphatic heterocycles. The highest BCUT2D eigenvalue weighted by Crippen LogP contribution is 2.47. The second kappa shape index (κ2) is 6.14. The highest BCUT2D eigenvalue weighted by molar-refractivity contribution is 6.56. The van der Waals surface area contributed by atoms with Gasteiger partial charge in [-0.1, -0.05) is 58.0 Å². The van der Waals surface area contributed by atoms with Crippen molar-refractivity contribution in [2.24, 2.45) is 0 Å². The fourth-order valence-electron chi connectivity index (χ4n) is 1.65. The Morgan fingerprint density at radius 2 is 1.45 bits per heavy atom. The number of aliphatic hydroxyl groups excluding tert-OH is 1. The third-order valence-electron chi connectivity index (χ3n) is 2.62. The van der Waals surface area contributed by atoms with Gasteiger partial charge < -0.3 is 10.1 Å². The van der Waals surface area contributed by atoms with Crippen LogP contribution in [0.25, 0.3) is 11.1 Å². The van der Waals surface area contributed by atoms with Gasteiger partial charge in [0.2, 0.25) is 0 Å². The Morgan fingerprint density at radius 3 is 1.95 bits per heavy atom. The third-order valence-corrected chi connectivity index (χ3v) is 4.90. The summed E-state index contributed by atoms with van der Waals surface area (Å²) in [6.07, 6.45) is 1.38. The highest BCUT2D eigenvalue weighted by Gasteiger charge is 2.22. The molecular weight excluding hydrogens is 367 g/mol. The zero-order valence-electron chi connectivity index (χ0n) is 9.61. The summed E-state index contributed by atoms with van der Waals surface area (Å²) in [4.78, 5) is 14.4. The predicted octanol–water partition coefficient (Wildman–Crippen LogP) is 4.80. The van der Waals surface area contributed by atoms with Crippen LogP contribution in [0, 0.1) is 0 Å². The van der Waals surface area contributed by atoms with Gasteiger partial charge >= 0.3 is 0 Å². The molecule has 106 valence electrons. The molecule has 2 N–H and O–H groups in total. The standard InChI is InChI=1S/C12H6Cl5NO2/c13-7-6(8(14)10(16)11(17)9(7)15)5-1-4(3-19)2-18-12(5)20/h1-2,19H,3H2,(H,18,20). The monoisotopic (exact) mass is 371 g/mol. The molecule has 0 saturated carbocycles. The number of halogens is 5. The smallest absolute Gasteiger partial charge is 0.255 e. The summed E-state index contributed by atoms with van der Waals surface area (Å²) in [5.74, 6) is 0. The number of hydrogen-bond acceptors (Lipinski definition) is 2. The highest BCUT2D eigenvalue weighted by atomic mass is 35.5. The number of benzene rings is 1. The number of pyridine rings is 1. The average molecular weight is 373 g/mol. The molecule has 0 fully saturated rings. The van der Waals surface area contributed by atoms with E-state index in [-0.39, 0.29) is 42.8 Å². The lowest BCUT2D eigenvalue weighted by Crippen LogP contribution is -2.10. The van der Waals surface area contributed by atoms with E-state index in [1.807, 2.05) is 0 Å². The molecule has 8 heteroatoms. The molecule has 0 aliphatic carbocycles. The van der Waals surface area contributed by atoms with E-state index >= 15 is 0 Å². The van der Waals surface area contributed by atoms with Crippen LogP contribution in [-0.4, -0.2) is 10.1 Å². The van der Waals surface area contributed by atoms with Crippen molar-refractivity contribution in [1.29, 1.82) is 0 Å². The first-order valence-corrected chi connectivity index (χ1v) is 7.11. The normalized spacial score (nSPS) is 10.9. The molecule has 2 rings (SSSR count). The molecule has 0 bridgehead atoms. The number of rotatable bonds is 2. The third kappa shape index (κ3) is 2.67. The summed E-state index contributed by atoms with van der Waals surface area (Å²) in [6, 6.07) is 1.45. The lowest BCUT2D eigenvalue weighted by atomic mass is 10.1. The van der Waals surface area contributed by atoms with Gasteiger partial charge in [0.15, 0.2) is 0 Å². The van der Waals surface area contributed by atoms with Crippen molar-refractivity contribution in [1.82, 2.24) is 4.98 Å². The van der Waals surface area contributed by atoms with E-state index < -0.39 is 5.56 Å². The van der Waals surface area contributed by atoms with Crippen molar-refractivity contribution < 1.29 is 5.11 Å². The minimum Gasteiger partial charge on any atom is -0.392 e. The molecule has 3 nitrogen and oxygen atoms in total. The summed E-state index contributed by atoms with van der Waals surface area (Å²) in [7, 11) is 0. The number of nitrogens with one attached hydrogen (secondary N) is 1. The van der Waals surface area contributed by atoms with Crippen LogP contribution < -0.4 is 5.56 Å². The second-order valence-corrected chi connectivity index (χ2v) is 5.74. The molecule has 0 atom stereocenters. The topological polar surface area (TPSA) is 53.1 Å². The lowest BCUT2D eigenvalue weighted by molar-refractivity contribution is 0.281. The van der Waals surface area contributed by atoms with Crippen molar-refractivity contribution in [2.45, 2.75) is 6.61 Å². The molecule has 0 unspecified atom stereocenters. The maximum atomic E-state index is 11.9. The summed E-state index contributed by atoms with van der Waals surface area (Å²) < 4.78 is 0. The Morgan fingerprint density at radius 1 is 0.950 bits per heavy atom.